The van der Waals surface area contributed by atoms with Crippen molar-refractivity contribution in [2.24, 2.45) is 5.92 Å². The molecule has 2 aliphatic rings. The first kappa shape index (κ1) is 12.3. The minimum absolute atomic E-state index is 0.650. The van der Waals surface area contributed by atoms with Gasteiger partial charge >= 0.3 is 0 Å². The molecule has 2 atom stereocenters. The van der Waals surface area contributed by atoms with Crippen molar-refractivity contribution in [3.8, 4) is 0 Å². The number of piperazine rings is 1. The predicted octanol–water partition coefficient (Wildman–Crippen LogP) is 1.44. The molecular weight excluding hydrogens is 200 g/mol. The second-order valence-electron chi connectivity index (χ2n) is 5.74. The van der Waals surface area contributed by atoms with Crippen molar-refractivity contribution in [3.05, 3.63) is 0 Å². The molecule has 0 bridgehead atoms. The fraction of sp³-hybridized carbons (Fsp3) is 1.00. The van der Waals surface area contributed by atoms with Crippen LogP contribution in [-0.2, 0) is 4.74 Å². The van der Waals surface area contributed by atoms with E-state index in [1.54, 1.807) is 0 Å². The van der Waals surface area contributed by atoms with Crippen LogP contribution in [0, 0.1) is 5.92 Å². The van der Waals surface area contributed by atoms with Crippen LogP contribution in [0.15, 0.2) is 0 Å². The van der Waals surface area contributed by atoms with Crippen molar-refractivity contribution in [2.75, 3.05) is 39.4 Å². The van der Waals surface area contributed by atoms with Crippen LogP contribution >= 0.6 is 0 Å². The SMILES string of the molecule is CC(C)CC(C)N1CCN2CCOCC2C1. The van der Waals surface area contributed by atoms with Crippen LogP contribution in [0.2, 0.25) is 0 Å². The molecule has 0 amide bonds. The Morgan fingerprint density at radius 1 is 1.19 bits per heavy atom. The molecule has 0 aliphatic carbocycles. The van der Waals surface area contributed by atoms with E-state index in [1.165, 1.54) is 26.1 Å². The topological polar surface area (TPSA) is 15.7 Å². The van der Waals surface area contributed by atoms with E-state index >= 15 is 0 Å². The first-order valence-corrected chi connectivity index (χ1v) is 6.72. The summed E-state index contributed by atoms with van der Waals surface area (Å²) in [5.41, 5.74) is 0. The van der Waals surface area contributed by atoms with Gasteiger partial charge in [-0.3, -0.25) is 9.80 Å². The highest BCUT2D eigenvalue weighted by molar-refractivity contribution is 4.86. The molecule has 2 fully saturated rings. The van der Waals surface area contributed by atoms with Crippen molar-refractivity contribution in [1.82, 2.24) is 9.80 Å². The monoisotopic (exact) mass is 226 g/mol. The number of ether oxygens (including phenoxy) is 1. The summed E-state index contributed by atoms with van der Waals surface area (Å²) in [6, 6.07) is 1.38. The van der Waals surface area contributed by atoms with E-state index in [2.05, 4.69) is 30.6 Å². The second kappa shape index (κ2) is 5.48. The van der Waals surface area contributed by atoms with Gasteiger partial charge in [0.15, 0.2) is 0 Å². The van der Waals surface area contributed by atoms with E-state index in [4.69, 9.17) is 4.74 Å². The molecule has 94 valence electrons. The second-order valence-corrected chi connectivity index (χ2v) is 5.74. The Hall–Kier alpha value is -0.120. The van der Waals surface area contributed by atoms with E-state index < -0.39 is 0 Å². The predicted molar refractivity (Wildman–Crippen MR) is 66.7 cm³/mol. The minimum Gasteiger partial charge on any atom is -0.378 e. The van der Waals surface area contributed by atoms with Crippen molar-refractivity contribution in [2.45, 2.75) is 39.3 Å². The normalized spacial score (nSPS) is 30.4. The standard InChI is InChI=1S/C13H26N2O/c1-11(2)8-12(3)15-5-4-14-6-7-16-10-13(14)9-15/h11-13H,4-10H2,1-3H3. The van der Waals surface area contributed by atoms with Gasteiger partial charge in [0, 0.05) is 38.3 Å². The highest BCUT2D eigenvalue weighted by Crippen LogP contribution is 2.18. The zero-order valence-electron chi connectivity index (χ0n) is 11.0. The summed E-state index contributed by atoms with van der Waals surface area (Å²) in [6.07, 6.45) is 1.31. The van der Waals surface area contributed by atoms with Crippen molar-refractivity contribution in [1.29, 1.82) is 0 Å². The number of morpholine rings is 1. The van der Waals surface area contributed by atoms with Crippen LogP contribution in [0.25, 0.3) is 0 Å². The van der Waals surface area contributed by atoms with Gasteiger partial charge in [-0.05, 0) is 19.3 Å². The van der Waals surface area contributed by atoms with Gasteiger partial charge in [0.25, 0.3) is 0 Å². The molecular formula is C13H26N2O. The van der Waals surface area contributed by atoms with Gasteiger partial charge in [0.05, 0.1) is 13.2 Å². The van der Waals surface area contributed by atoms with Gasteiger partial charge < -0.3 is 4.74 Å². The van der Waals surface area contributed by atoms with Crippen LogP contribution in [0.4, 0.5) is 0 Å². The van der Waals surface area contributed by atoms with Crippen molar-refractivity contribution in [3.63, 3.8) is 0 Å². The molecule has 2 rings (SSSR count). The third-order valence-electron chi connectivity index (χ3n) is 3.91. The van der Waals surface area contributed by atoms with Gasteiger partial charge in [-0.15, -0.1) is 0 Å². The summed E-state index contributed by atoms with van der Waals surface area (Å²) in [6.45, 7) is 13.7. The molecule has 16 heavy (non-hydrogen) atoms. The smallest absolute Gasteiger partial charge is 0.0634 e. The lowest BCUT2D eigenvalue weighted by atomic mass is 10.0. The van der Waals surface area contributed by atoms with Crippen LogP contribution in [0.5, 0.6) is 0 Å². The lowest BCUT2D eigenvalue weighted by molar-refractivity contribution is -0.0529. The molecule has 2 saturated heterocycles. The Morgan fingerprint density at radius 2 is 2.00 bits per heavy atom. The average Bonchev–Trinajstić information content (AvgIpc) is 2.27. The highest BCUT2D eigenvalue weighted by Gasteiger charge is 2.31. The van der Waals surface area contributed by atoms with Crippen LogP contribution < -0.4 is 0 Å². The lowest BCUT2D eigenvalue weighted by Gasteiger charge is -2.45. The Balaban J connectivity index is 1.84. The van der Waals surface area contributed by atoms with Crippen molar-refractivity contribution < 1.29 is 4.74 Å². The first-order valence-electron chi connectivity index (χ1n) is 6.72. The molecule has 0 aromatic carbocycles. The molecule has 3 nitrogen and oxygen atoms in total. The Kier molecular flexibility index (Phi) is 4.22. The highest BCUT2D eigenvalue weighted by atomic mass is 16.5. The summed E-state index contributed by atoms with van der Waals surface area (Å²) in [7, 11) is 0. The largest absolute Gasteiger partial charge is 0.378 e. The number of hydrogen-bond acceptors (Lipinski definition) is 3. The Morgan fingerprint density at radius 3 is 2.75 bits per heavy atom. The van der Waals surface area contributed by atoms with Gasteiger partial charge in [0.2, 0.25) is 0 Å². The van der Waals surface area contributed by atoms with E-state index in [0.717, 1.165) is 31.7 Å². The summed E-state index contributed by atoms with van der Waals surface area (Å²) in [5.74, 6) is 0.802. The van der Waals surface area contributed by atoms with Gasteiger partial charge in [-0.25, -0.2) is 0 Å². The molecule has 0 saturated carbocycles. The minimum atomic E-state index is 0.650. The summed E-state index contributed by atoms with van der Waals surface area (Å²) < 4.78 is 5.58. The van der Waals surface area contributed by atoms with Crippen LogP contribution in [0.3, 0.4) is 0 Å². The fourth-order valence-corrected chi connectivity index (χ4v) is 3.00. The van der Waals surface area contributed by atoms with Gasteiger partial charge in [0.1, 0.15) is 0 Å². The van der Waals surface area contributed by atoms with Crippen LogP contribution in [-0.4, -0.2) is 61.3 Å². The fourth-order valence-electron chi connectivity index (χ4n) is 3.00. The zero-order chi connectivity index (χ0) is 11.5. The molecule has 2 aliphatic heterocycles. The maximum atomic E-state index is 5.58. The number of nitrogens with zero attached hydrogens (tertiary/aromatic N) is 2. The summed E-state index contributed by atoms with van der Waals surface area (Å²) in [5, 5.41) is 0. The summed E-state index contributed by atoms with van der Waals surface area (Å²) in [4.78, 5) is 5.25. The molecule has 0 aromatic heterocycles. The Bertz CT molecular complexity index is 220. The molecule has 2 unspecified atom stereocenters. The van der Waals surface area contributed by atoms with E-state index in [1.807, 2.05) is 0 Å². The average molecular weight is 226 g/mol. The number of fused-ring (bicyclic) bond motifs is 1. The van der Waals surface area contributed by atoms with Gasteiger partial charge in [-0.2, -0.15) is 0 Å². The molecule has 3 heteroatoms. The quantitative estimate of drug-likeness (QED) is 0.724. The zero-order valence-corrected chi connectivity index (χ0v) is 11.0. The molecule has 0 aromatic rings. The maximum Gasteiger partial charge on any atom is 0.0634 e. The molecule has 0 radical (unpaired) electrons. The molecule has 0 spiro atoms. The maximum absolute atomic E-state index is 5.58. The third kappa shape index (κ3) is 2.96. The first-order chi connectivity index (χ1) is 7.66. The molecule has 2 heterocycles. The summed E-state index contributed by atoms with van der Waals surface area (Å²) >= 11 is 0. The van der Waals surface area contributed by atoms with Gasteiger partial charge in [-0.1, -0.05) is 13.8 Å². The number of hydrogen-bond donors (Lipinski definition) is 0. The van der Waals surface area contributed by atoms with E-state index in [9.17, 15) is 0 Å². The Labute approximate surface area is 99.7 Å². The lowest BCUT2D eigenvalue weighted by Crippen LogP contribution is -2.59. The molecule has 0 N–H and O–H groups in total. The van der Waals surface area contributed by atoms with E-state index in [-0.39, 0.29) is 0 Å². The van der Waals surface area contributed by atoms with Crippen LogP contribution in [0.1, 0.15) is 27.2 Å². The number of rotatable bonds is 3. The van der Waals surface area contributed by atoms with Crippen molar-refractivity contribution >= 4 is 0 Å². The van der Waals surface area contributed by atoms with E-state index in [0.29, 0.717) is 6.04 Å². The third-order valence-corrected chi connectivity index (χ3v) is 3.91.